The minimum absolute atomic E-state index is 0.279. The highest BCUT2D eigenvalue weighted by Gasteiger charge is 2.24. The second-order valence-corrected chi connectivity index (χ2v) is 10.3. The van der Waals surface area contributed by atoms with Gasteiger partial charge in [0.1, 0.15) is 12.4 Å². The minimum Gasteiger partial charge on any atom is -0.487 e. The van der Waals surface area contributed by atoms with E-state index in [-0.39, 0.29) is 4.90 Å². The molecule has 2 aromatic heterocycles. The summed E-state index contributed by atoms with van der Waals surface area (Å²) in [5.74, 6) is 2.30. The third-order valence-electron chi connectivity index (χ3n) is 5.16. The highest BCUT2D eigenvalue weighted by atomic mass is 32.2. The molecule has 0 saturated carbocycles. The molecule has 1 aliphatic heterocycles. The van der Waals surface area contributed by atoms with Crippen molar-refractivity contribution in [2.45, 2.75) is 30.3 Å². The smallest absolute Gasteiger partial charge is 0.228 e. The number of hydrogen-bond acceptors (Lipinski definition) is 9. The summed E-state index contributed by atoms with van der Waals surface area (Å²) in [6.07, 6.45) is 4.88. The Morgan fingerprint density at radius 2 is 1.87 bits per heavy atom. The molecule has 0 bridgehead atoms. The van der Waals surface area contributed by atoms with Crippen LogP contribution in [0.1, 0.15) is 29.5 Å². The molecule has 164 valence electrons. The Morgan fingerprint density at radius 1 is 1.13 bits per heavy atom. The molecule has 0 radical (unpaired) electrons. The summed E-state index contributed by atoms with van der Waals surface area (Å²) < 4.78 is 34.0. The lowest BCUT2D eigenvalue weighted by Gasteiger charge is -2.31. The van der Waals surface area contributed by atoms with Gasteiger partial charge in [-0.1, -0.05) is 0 Å². The standard InChI is InChI=1S/C21H24N4O4S2/c1-28-19-7-10-22-21(24-19)25-11-8-15(9-12-25)20-23-16(14-30-20)13-29-17-3-5-18(6-4-17)31(2,26)27/h3-7,10,14-15H,8-9,11-13H2,1-2H3. The molecule has 1 fully saturated rings. The number of nitrogens with zero attached hydrogens (tertiary/aromatic N) is 4. The molecule has 0 amide bonds. The largest absolute Gasteiger partial charge is 0.487 e. The van der Waals surface area contributed by atoms with Crippen LogP contribution in [0.2, 0.25) is 0 Å². The van der Waals surface area contributed by atoms with Crippen LogP contribution in [0.3, 0.4) is 0 Å². The van der Waals surface area contributed by atoms with Gasteiger partial charge in [0.2, 0.25) is 11.8 Å². The maximum atomic E-state index is 11.5. The molecule has 10 heteroatoms. The second-order valence-electron chi connectivity index (χ2n) is 7.37. The average molecular weight is 461 g/mol. The molecule has 1 aliphatic rings. The first-order valence-electron chi connectivity index (χ1n) is 9.91. The van der Waals surface area contributed by atoms with E-state index in [0.717, 1.165) is 36.6 Å². The van der Waals surface area contributed by atoms with E-state index in [0.29, 0.717) is 30.1 Å². The number of sulfone groups is 1. The number of rotatable bonds is 7. The molecule has 0 unspecified atom stereocenters. The highest BCUT2D eigenvalue weighted by Crippen LogP contribution is 2.32. The zero-order valence-corrected chi connectivity index (χ0v) is 19.0. The van der Waals surface area contributed by atoms with E-state index in [1.807, 2.05) is 5.38 Å². The zero-order chi connectivity index (χ0) is 21.8. The van der Waals surface area contributed by atoms with Crippen LogP contribution in [0.4, 0.5) is 5.95 Å². The minimum atomic E-state index is -3.20. The number of anilines is 1. The van der Waals surface area contributed by atoms with Crippen molar-refractivity contribution in [1.82, 2.24) is 15.0 Å². The quantitative estimate of drug-likeness (QED) is 0.530. The van der Waals surface area contributed by atoms with Gasteiger partial charge in [0, 0.05) is 42.9 Å². The molecule has 3 aromatic rings. The molecular weight excluding hydrogens is 436 g/mol. The van der Waals surface area contributed by atoms with Crippen molar-refractivity contribution < 1.29 is 17.9 Å². The summed E-state index contributed by atoms with van der Waals surface area (Å²) >= 11 is 1.66. The molecule has 0 spiro atoms. The van der Waals surface area contributed by atoms with Crippen LogP contribution in [0.5, 0.6) is 11.6 Å². The van der Waals surface area contributed by atoms with E-state index in [1.54, 1.807) is 55.0 Å². The Balaban J connectivity index is 1.31. The lowest BCUT2D eigenvalue weighted by molar-refractivity contribution is 0.301. The maximum absolute atomic E-state index is 11.5. The van der Waals surface area contributed by atoms with E-state index < -0.39 is 9.84 Å². The zero-order valence-electron chi connectivity index (χ0n) is 17.4. The predicted octanol–water partition coefficient (Wildman–Crippen LogP) is 3.31. The first-order valence-corrected chi connectivity index (χ1v) is 12.7. The summed E-state index contributed by atoms with van der Waals surface area (Å²) in [5.41, 5.74) is 0.880. The van der Waals surface area contributed by atoms with Gasteiger partial charge in [-0.2, -0.15) is 4.98 Å². The Labute approximate surface area is 185 Å². The van der Waals surface area contributed by atoms with Gasteiger partial charge in [0.15, 0.2) is 9.84 Å². The predicted molar refractivity (Wildman–Crippen MR) is 119 cm³/mol. The van der Waals surface area contributed by atoms with Gasteiger partial charge >= 0.3 is 0 Å². The van der Waals surface area contributed by atoms with Crippen molar-refractivity contribution >= 4 is 27.1 Å². The molecule has 31 heavy (non-hydrogen) atoms. The van der Waals surface area contributed by atoms with Gasteiger partial charge in [-0.05, 0) is 37.1 Å². The van der Waals surface area contributed by atoms with Gasteiger partial charge in [-0.3, -0.25) is 0 Å². The molecular formula is C21H24N4O4S2. The molecule has 0 N–H and O–H groups in total. The number of benzene rings is 1. The van der Waals surface area contributed by atoms with Crippen molar-refractivity contribution in [2.24, 2.45) is 0 Å². The lowest BCUT2D eigenvalue weighted by Crippen LogP contribution is -2.34. The monoisotopic (exact) mass is 460 g/mol. The van der Waals surface area contributed by atoms with Gasteiger partial charge in [-0.25, -0.2) is 18.4 Å². The Kier molecular flexibility index (Phi) is 6.38. The average Bonchev–Trinajstić information content (AvgIpc) is 3.27. The van der Waals surface area contributed by atoms with E-state index in [1.165, 1.54) is 6.26 Å². The highest BCUT2D eigenvalue weighted by molar-refractivity contribution is 7.90. The van der Waals surface area contributed by atoms with Crippen molar-refractivity contribution in [3.63, 3.8) is 0 Å². The summed E-state index contributed by atoms with van der Waals surface area (Å²) in [5, 5.41) is 3.15. The van der Waals surface area contributed by atoms with Crippen molar-refractivity contribution in [2.75, 3.05) is 31.4 Å². The van der Waals surface area contributed by atoms with E-state index in [4.69, 9.17) is 14.5 Å². The van der Waals surface area contributed by atoms with Crippen LogP contribution < -0.4 is 14.4 Å². The van der Waals surface area contributed by atoms with Crippen LogP contribution in [0.25, 0.3) is 0 Å². The Bertz CT molecular complexity index is 1120. The molecule has 0 aliphatic carbocycles. The number of ether oxygens (including phenoxy) is 2. The first kappa shape index (κ1) is 21.5. The van der Waals surface area contributed by atoms with Crippen LogP contribution in [-0.4, -0.2) is 49.8 Å². The van der Waals surface area contributed by atoms with Crippen LogP contribution in [0, 0.1) is 0 Å². The fourth-order valence-corrected chi connectivity index (χ4v) is 5.05. The Hall–Kier alpha value is -2.72. The Morgan fingerprint density at radius 3 is 2.55 bits per heavy atom. The summed E-state index contributed by atoms with van der Waals surface area (Å²) in [6, 6.07) is 8.18. The third-order valence-corrected chi connectivity index (χ3v) is 7.35. The maximum Gasteiger partial charge on any atom is 0.228 e. The number of hydrogen-bond donors (Lipinski definition) is 0. The van der Waals surface area contributed by atoms with E-state index >= 15 is 0 Å². The third kappa shape index (κ3) is 5.31. The topological polar surface area (TPSA) is 94.5 Å². The summed E-state index contributed by atoms with van der Waals surface area (Å²) in [6.45, 7) is 2.09. The van der Waals surface area contributed by atoms with Crippen molar-refractivity contribution in [1.29, 1.82) is 0 Å². The fraction of sp³-hybridized carbons (Fsp3) is 0.381. The van der Waals surface area contributed by atoms with Gasteiger partial charge < -0.3 is 14.4 Å². The van der Waals surface area contributed by atoms with Crippen molar-refractivity contribution in [3.8, 4) is 11.6 Å². The van der Waals surface area contributed by atoms with Crippen LogP contribution in [-0.2, 0) is 16.4 Å². The molecule has 8 nitrogen and oxygen atoms in total. The molecule has 0 atom stereocenters. The number of methoxy groups -OCH3 is 1. The van der Waals surface area contributed by atoms with Gasteiger partial charge in [0.25, 0.3) is 0 Å². The molecule has 1 aromatic carbocycles. The van der Waals surface area contributed by atoms with E-state index in [2.05, 4.69) is 14.9 Å². The summed E-state index contributed by atoms with van der Waals surface area (Å²) in [4.78, 5) is 16.0. The van der Waals surface area contributed by atoms with Crippen molar-refractivity contribution in [3.05, 3.63) is 52.6 Å². The molecule has 4 rings (SSSR count). The number of aromatic nitrogens is 3. The van der Waals surface area contributed by atoms with E-state index in [9.17, 15) is 8.42 Å². The van der Waals surface area contributed by atoms with Crippen LogP contribution >= 0.6 is 11.3 Å². The second kappa shape index (κ2) is 9.19. The SMILES string of the molecule is COc1ccnc(N2CCC(c3nc(COc4ccc(S(C)(=O)=O)cc4)cs3)CC2)n1. The first-order chi connectivity index (χ1) is 14.9. The fourth-order valence-electron chi connectivity index (χ4n) is 3.44. The normalized spacial score (nSPS) is 15.1. The van der Waals surface area contributed by atoms with Gasteiger partial charge in [-0.15, -0.1) is 11.3 Å². The van der Waals surface area contributed by atoms with Gasteiger partial charge in [0.05, 0.1) is 22.7 Å². The number of piperidine rings is 1. The lowest BCUT2D eigenvalue weighted by atomic mass is 9.98. The number of thiazole rings is 1. The molecule has 3 heterocycles. The summed E-state index contributed by atoms with van der Waals surface area (Å²) in [7, 11) is -1.60. The van der Waals surface area contributed by atoms with Crippen LogP contribution in [0.15, 0.2) is 46.8 Å². The molecule has 1 saturated heterocycles.